The Morgan fingerprint density at radius 2 is 2.11 bits per heavy atom. The SMILES string of the molecule is CN1C(=O)CC(NC(=O)N[C@@H](CCO)C(=O)O)C1=O. The van der Waals surface area contributed by atoms with Gasteiger partial charge in [-0.05, 0) is 0 Å². The van der Waals surface area contributed by atoms with Crippen molar-refractivity contribution in [2.45, 2.75) is 24.9 Å². The van der Waals surface area contributed by atoms with E-state index in [-0.39, 0.29) is 12.8 Å². The molecule has 0 aliphatic carbocycles. The Bertz CT molecular complexity index is 410. The van der Waals surface area contributed by atoms with E-state index in [1.807, 2.05) is 0 Å². The summed E-state index contributed by atoms with van der Waals surface area (Å²) < 4.78 is 0. The number of aliphatic hydroxyl groups is 1. The number of nitrogens with zero attached hydrogens (tertiary/aromatic N) is 1. The van der Waals surface area contributed by atoms with Crippen LogP contribution in [0.25, 0.3) is 0 Å². The summed E-state index contributed by atoms with van der Waals surface area (Å²) in [6.45, 7) is -0.402. The smallest absolute Gasteiger partial charge is 0.326 e. The molecule has 4 amide bonds. The molecule has 0 aromatic rings. The predicted molar refractivity (Wildman–Crippen MR) is 61.0 cm³/mol. The van der Waals surface area contributed by atoms with E-state index in [2.05, 4.69) is 10.6 Å². The molecule has 0 aromatic heterocycles. The minimum atomic E-state index is -1.30. The Morgan fingerprint density at radius 1 is 1.47 bits per heavy atom. The van der Waals surface area contributed by atoms with Crippen molar-refractivity contribution >= 4 is 23.8 Å². The number of nitrogens with one attached hydrogen (secondary N) is 2. The number of aliphatic hydroxyl groups excluding tert-OH is 1. The average Bonchev–Trinajstić information content (AvgIpc) is 2.56. The number of imide groups is 1. The van der Waals surface area contributed by atoms with Crippen LogP contribution in [0.1, 0.15) is 12.8 Å². The van der Waals surface area contributed by atoms with Gasteiger partial charge in [-0.25, -0.2) is 9.59 Å². The third kappa shape index (κ3) is 3.65. The molecule has 9 nitrogen and oxygen atoms in total. The van der Waals surface area contributed by atoms with E-state index in [1.165, 1.54) is 7.05 Å². The van der Waals surface area contributed by atoms with Crippen molar-refractivity contribution in [1.82, 2.24) is 15.5 Å². The number of aliphatic carboxylic acids is 1. The maximum Gasteiger partial charge on any atom is 0.326 e. The molecular weight excluding hydrogens is 258 g/mol. The van der Waals surface area contributed by atoms with Crippen LogP contribution in [0.2, 0.25) is 0 Å². The molecule has 1 aliphatic rings. The highest BCUT2D eigenvalue weighted by atomic mass is 16.4. The van der Waals surface area contributed by atoms with E-state index < -0.39 is 42.5 Å². The summed E-state index contributed by atoms with van der Waals surface area (Å²) in [4.78, 5) is 45.9. The summed E-state index contributed by atoms with van der Waals surface area (Å²) in [6.07, 6.45) is -0.305. The van der Waals surface area contributed by atoms with Crippen molar-refractivity contribution in [1.29, 1.82) is 0 Å². The van der Waals surface area contributed by atoms with E-state index in [4.69, 9.17) is 10.2 Å². The Morgan fingerprint density at radius 3 is 2.53 bits per heavy atom. The summed E-state index contributed by atoms with van der Waals surface area (Å²) in [5.41, 5.74) is 0. The van der Waals surface area contributed by atoms with Gasteiger partial charge in [-0.2, -0.15) is 0 Å². The van der Waals surface area contributed by atoms with Gasteiger partial charge in [-0.15, -0.1) is 0 Å². The second kappa shape index (κ2) is 6.14. The van der Waals surface area contributed by atoms with Gasteiger partial charge in [0.15, 0.2) is 0 Å². The number of carboxylic acid groups (broad SMARTS) is 1. The van der Waals surface area contributed by atoms with Crippen LogP contribution in [-0.2, 0) is 14.4 Å². The van der Waals surface area contributed by atoms with Crippen molar-refractivity contribution in [2.24, 2.45) is 0 Å². The van der Waals surface area contributed by atoms with Crippen molar-refractivity contribution in [2.75, 3.05) is 13.7 Å². The third-order valence-electron chi connectivity index (χ3n) is 2.71. The lowest BCUT2D eigenvalue weighted by molar-refractivity contribution is -0.139. The third-order valence-corrected chi connectivity index (χ3v) is 2.71. The van der Waals surface area contributed by atoms with Crippen molar-refractivity contribution in [3.63, 3.8) is 0 Å². The monoisotopic (exact) mass is 273 g/mol. The van der Waals surface area contributed by atoms with Crippen LogP contribution in [-0.4, -0.2) is 64.7 Å². The largest absolute Gasteiger partial charge is 0.480 e. The molecule has 2 atom stereocenters. The number of hydrogen-bond donors (Lipinski definition) is 4. The Labute approximate surface area is 108 Å². The Kier molecular flexibility index (Phi) is 4.81. The first kappa shape index (κ1) is 14.9. The molecule has 1 unspecified atom stereocenters. The second-order valence-electron chi connectivity index (χ2n) is 4.07. The van der Waals surface area contributed by atoms with E-state index in [1.54, 1.807) is 0 Å². The van der Waals surface area contributed by atoms with Gasteiger partial charge in [0.25, 0.3) is 5.91 Å². The summed E-state index contributed by atoms with van der Waals surface area (Å²) in [5, 5.41) is 21.8. The van der Waals surface area contributed by atoms with E-state index in [0.717, 1.165) is 4.90 Å². The normalized spacial score (nSPS) is 20.3. The van der Waals surface area contributed by atoms with Crippen molar-refractivity contribution < 1.29 is 29.4 Å². The zero-order valence-electron chi connectivity index (χ0n) is 10.3. The average molecular weight is 273 g/mol. The number of urea groups is 1. The van der Waals surface area contributed by atoms with Crippen LogP contribution in [0, 0.1) is 0 Å². The number of amides is 4. The van der Waals surface area contributed by atoms with E-state index >= 15 is 0 Å². The fourth-order valence-electron chi connectivity index (χ4n) is 1.61. The second-order valence-corrected chi connectivity index (χ2v) is 4.07. The molecular formula is C10H15N3O6. The molecule has 4 N–H and O–H groups in total. The van der Waals surface area contributed by atoms with Crippen LogP contribution < -0.4 is 10.6 Å². The number of carboxylic acids is 1. The van der Waals surface area contributed by atoms with Gasteiger partial charge in [0, 0.05) is 20.1 Å². The summed E-state index contributed by atoms with van der Waals surface area (Å²) in [6, 6.07) is -3.11. The quantitative estimate of drug-likeness (QED) is 0.423. The highest BCUT2D eigenvalue weighted by Crippen LogP contribution is 2.10. The number of rotatable bonds is 5. The molecule has 1 rings (SSSR count). The molecule has 0 saturated carbocycles. The van der Waals surface area contributed by atoms with Gasteiger partial charge < -0.3 is 20.8 Å². The zero-order chi connectivity index (χ0) is 14.6. The standard InChI is InChI=1S/C10H15N3O6/c1-13-7(15)4-6(8(13)16)12-10(19)11-5(2-3-14)9(17)18/h5-6,14H,2-4H2,1H3,(H,17,18)(H2,11,12,19)/t5-,6?/m0/s1. The van der Waals surface area contributed by atoms with Gasteiger partial charge >= 0.3 is 12.0 Å². The lowest BCUT2D eigenvalue weighted by atomic mass is 10.2. The molecule has 1 fully saturated rings. The molecule has 0 radical (unpaired) electrons. The van der Waals surface area contributed by atoms with E-state index in [0.29, 0.717) is 0 Å². The first-order valence-corrected chi connectivity index (χ1v) is 5.58. The minimum Gasteiger partial charge on any atom is -0.480 e. The molecule has 106 valence electrons. The van der Waals surface area contributed by atoms with Gasteiger partial charge in [0.05, 0.1) is 6.42 Å². The maximum atomic E-state index is 11.5. The van der Waals surface area contributed by atoms with Gasteiger partial charge in [-0.1, -0.05) is 0 Å². The molecule has 0 spiro atoms. The van der Waals surface area contributed by atoms with Crippen LogP contribution in [0.5, 0.6) is 0 Å². The Balaban J connectivity index is 2.54. The van der Waals surface area contributed by atoms with Crippen LogP contribution in [0.3, 0.4) is 0 Å². The highest BCUT2D eigenvalue weighted by Gasteiger charge is 2.37. The van der Waals surface area contributed by atoms with Gasteiger partial charge in [-0.3, -0.25) is 14.5 Å². The molecule has 0 aromatic carbocycles. The first-order chi connectivity index (χ1) is 8.86. The Hall–Kier alpha value is -2.16. The highest BCUT2D eigenvalue weighted by molar-refractivity contribution is 6.06. The van der Waals surface area contributed by atoms with Crippen molar-refractivity contribution in [3.05, 3.63) is 0 Å². The predicted octanol–water partition coefficient (Wildman–Crippen LogP) is -2.12. The summed E-state index contributed by atoms with van der Waals surface area (Å²) >= 11 is 0. The van der Waals surface area contributed by atoms with Gasteiger partial charge in [0.1, 0.15) is 12.1 Å². The van der Waals surface area contributed by atoms with Crippen LogP contribution in [0.4, 0.5) is 4.79 Å². The molecule has 1 saturated heterocycles. The lowest BCUT2D eigenvalue weighted by Crippen LogP contribution is -2.51. The van der Waals surface area contributed by atoms with Crippen LogP contribution in [0.15, 0.2) is 0 Å². The molecule has 1 heterocycles. The fraction of sp³-hybridized carbons (Fsp3) is 0.600. The van der Waals surface area contributed by atoms with Crippen LogP contribution >= 0.6 is 0 Å². The molecule has 9 heteroatoms. The number of carbonyl (C=O) groups is 4. The zero-order valence-corrected chi connectivity index (χ0v) is 10.3. The summed E-state index contributed by atoms with van der Waals surface area (Å²) in [5.74, 6) is -2.26. The molecule has 0 bridgehead atoms. The number of likely N-dealkylation sites (tertiary alicyclic amines) is 1. The molecule has 1 aliphatic heterocycles. The fourth-order valence-corrected chi connectivity index (χ4v) is 1.61. The first-order valence-electron chi connectivity index (χ1n) is 5.58. The minimum absolute atomic E-state index is 0.152. The van der Waals surface area contributed by atoms with Gasteiger partial charge in [0.2, 0.25) is 5.91 Å². The summed E-state index contributed by atoms with van der Waals surface area (Å²) in [7, 11) is 1.30. The number of hydrogen-bond acceptors (Lipinski definition) is 5. The van der Waals surface area contributed by atoms with E-state index in [9.17, 15) is 19.2 Å². The lowest BCUT2D eigenvalue weighted by Gasteiger charge is -2.16. The maximum absolute atomic E-state index is 11.5. The number of carbonyl (C=O) groups excluding carboxylic acids is 3. The topological polar surface area (TPSA) is 136 Å². The van der Waals surface area contributed by atoms with Crippen molar-refractivity contribution in [3.8, 4) is 0 Å². The number of likely N-dealkylation sites (N-methyl/N-ethyl adjacent to an activating group) is 1. The molecule has 19 heavy (non-hydrogen) atoms.